The van der Waals surface area contributed by atoms with Crippen LogP contribution in [0.2, 0.25) is 0 Å². The maximum Gasteiger partial charge on any atom is 0.326 e. The topological polar surface area (TPSA) is 125 Å². The number of para-hydroxylation sites is 1. The minimum absolute atomic E-state index is 0.0483. The largest absolute Gasteiger partial charge is 0.480 e. The Morgan fingerprint density at radius 2 is 1.82 bits per heavy atom. The summed E-state index contributed by atoms with van der Waals surface area (Å²) in [5, 5.41) is 26.1. The standard InChI is InChI=1S/C26H24N4O4/c1-3-15(2)21(26(33)34)28-25(32)20(14-27)24(31)22-19-13-16-9-7-8-12-18(16)23(19)30(29-22)17-10-5-4-6-11-17/h4-12,15,20-21H,3,13H2,1-2H3,(H,28,32)(H,33,34)/t15?,20?,21-/m0/s1. The van der Waals surface area contributed by atoms with Gasteiger partial charge in [0.05, 0.1) is 17.5 Å². The van der Waals surface area contributed by atoms with E-state index in [9.17, 15) is 24.8 Å². The molecule has 0 aliphatic heterocycles. The Morgan fingerprint density at radius 1 is 1.15 bits per heavy atom. The number of amides is 1. The first-order valence-electron chi connectivity index (χ1n) is 11.1. The molecule has 0 saturated carbocycles. The fraction of sp³-hybridized carbons (Fsp3) is 0.269. The van der Waals surface area contributed by atoms with Gasteiger partial charge in [0.1, 0.15) is 11.7 Å². The lowest BCUT2D eigenvalue weighted by molar-refractivity contribution is -0.143. The number of carbonyl (C=O) groups excluding carboxylic acids is 2. The number of aromatic nitrogens is 2. The highest BCUT2D eigenvalue weighted by Gasteiger charge is 2.38. The summed E-state index contributed by atoms with van der Waals surface area (Å²) in [4.78, 5) is 38.0. The van der Waals surface area contributed by atoms with E-state index in [1.54, 1.807) is 24.6 Å². The molecule has 2 unspecified atom stereocenters. The SMILES string of the molecule is CCC(C)[C@H](NC(=O)C(C#N)C(=O)c1nn(-c2ccccc2)c2c1Cc1ccccc1-2)C(=O)O. The van der Waals surface area contributed by atoms with Gasteiger partial charge in [-0.25, -0.2) is 9.48 Å². The van der Waals surface area contributed by atoms with Crippen molar-refractivity contribution in [3.05, 3.63) is 71.4 Å². The number of Topliss-reactive ketones (excluding diaryl/α,β-unsaturated/α-hetero) is 1. The molecule has 3 atom stereocenters. The maximum atomic E-state index is 13.5. The number of fused-ring (bicyclic) bond motifs is 3. The lowest BCUT2D eigenvalue weighted by Gasteiger charge is -2.21. The van der Waals surface area contributed by atoms with Crippen molar-refractivity contribution in [1.29, 1.82) is 5.26 Å². The molecule has 2 N–H and O–H groups in total. The first kappa shape index (κ1) is 22.9. The van der Waals surface area contributed by atoms with Crippen LogP contribution in [-0.2, 0) is 16.0 Å². The molecule has 1 aliphatic carbocycles. The number of nitrogens with zero attached hydrogens (tertiary/aromatic N) is 3. The fourth-order valence-corrected chi connectivity index (χ4v) is 4.24. The molecule has 0 bridgehead atoms. The van der Waals surface area contributed by atoms with Gasteiger partial charge >= 0.3 is 5.97 Å². The Kier molecular flexibility index (Phi) is 6.28. The lowest BCUT2D eigenvalue weighted by Crippen LogP contribution is -2.48. The summed E-state index contributed by atoms with van der Waals surface area (Å²) in [5.41, 5.74) is 4.16. The summed E-state index contributed by atoms with van der Waals surface area (Å²) in [6.07, 6.45) is 0.958. The normalized spacial score (nSPS) is 14.3. The number of carboxylic acid groups (broad SMARTS) is 1. The zero-order chi connectivity index (χ0) is 24.4. The van der Waals surface area contributed by atoms with Crippen LogP contribution in [0.1, 0.15) is 41.9 Å². The summed E-state index contributed by atoms with van der Waals surface area (Å²) >= 11 is 0. The zero-order valence-corrected chi connectivity index (χ0v) is 18.9. The molecule has 1 amide bonds. The summed E-state index contributed by atoms with van der Waals surface area (Å²) in [7, 11) is 0. The Bertz CT molecular complexity index is 1310. The van der Waals surface area contributed by atoms with Crippen LogP contribution < -0.4 is 5.32 Å². The van der Waals surface area contributed by atoms with Gasteiger partial charge in [0.15, 0.2) is 5.92 Å². The highest BCUT2D eigenvalue weighted by Crippen LogP contribution is 2.40. The van der Waals surface area contributed by atoms with Crippen LogP contribution in [0.15, 0.2) is 54.6 Å². The third-order valence-electron chi connectivity index (χ3n) is 6.29. The van der Waals surface area contributed by atoms with Gasteiger partial charge in [-0.05, 0) is 23.6 Å². The van der Waals surface area contributed by atoms with Crippen molar-refractivity contribution in [2.75, 3.05) is 0 Å². The minimum atomic E-state index is -1.71. The molecule has 2 aromatic carbocycles. The van der Waals surface area contributed by atoms with E-state index in [-0.39, 0.29) is 11.6 Å². The van der Waals surface area contributed by atoms with Crippen LogP contribution in [0.5, 0.6) is 0 Å². The molecule has 0 saturated heterocycles. The van der Waals surface area contributed by atoms with E-state index in [4.69, 9.17) is 0 Å². The van der Waals surface area contributed by atoms with Crippen LogP contribution in [0.25, 0.3) is 16.9 Å². The average molecular weight is 457 g/mol. The number of rotatable bonds is 8. The minimum Gasteiger partial charge on any atom is -0.480 e. The number of hydrogen-bond donors (Lipinski definition) is 2. The van der Waals surface area contributed by atoms with Crippen LogP contribution in [0.4, 0.5) is 0 Å². The molecule has 0 fully saturated rings. The summed E-state index contributed by atoms with van der Waals surface area (Å²) < 4.78 is 1.67. The van der Waals surface area contributed by atoms with E-state index < -0.39 is 29.6 Å². The van der Waals surface area contributed by atoms with Gasteiger partial charge in [-0.3, -0.25) is 9.59 Å². The predicted molar refractivity (Wildman–Crippen MR) is 124 cm³/mol. The van der Waals surface area contributed by atoms with E-state index in [1.807, 2.05) is 54.6 Å². The smallest absolute Gasteiger partial charge is 0.326 e. The monoisotopic (exact) mass is 456 g/mol. The number of nitriles is 1. The number of aliphatic carboxylic acids is 1. The molecule has 8 heteroatoms. The van der Waals surface area contributed by atoms with E-state index in [2.05, 4.69) is 10.4 Å². The Labute approximate surface area is 196 Å². The molecule has 1 aliphatic rings. The summed E-state index contributed by atoms with van der Waals surface area (Å²) in [6.45, 7) is 3.49. The fourth-order valence-electron chi connectivity index (χ4n) is 4.24. The van der Waals surface area contributed by atoms with Crippen LogP contribution >= 0.6 is 0 Å². The third-order valence-corrected chi connectivity index (χ3v) is 6.29. The molecule has 8 nitrogen and oxygen atoms in total. The van der Waals surface area contributed by atoms with Crippen molar-refractivity contribution in [3.63, 3.8) is 0 Å². The second-order valence-corrected chi connectivity index (χ2v) is 8.39. The highest BCUT2D eigenvalue weighted by atomic mass is 16.4. The van der Waals surface area contributed by atoms with E-state index in [1.165, 1.54) is 0 Å². The summed E-state index contributed by atoms with van der Waals surface area (Å²) in [5.74, 6) is -4.97. The van der Waals surface area contributed by atoms with Gasteiger partial charge in [-0.15, -0.1) is 0 Å². The number of carbonyl (C=O) groups is 3. The number of benzene rings is 2. The number of nitrogens with one attached hydrogen (secondary N) is 1. The zero-order valence-electron chi connectivity index (χ0n) is 18.9. The van der Waals surface area contributed by atoms with Crippen molar-refractivity contribution in [3.8, 4) is 23.0 Å². The Morgan fingerprint density at radius 3 is 2.47 bits per heavy atom. The van der Waals surface area contributed by atoms with E-state index in [0.29, 0.717) is 18.4 Å². The van der Waals surface area contributed by atoms with Gasteiger partial charge in [0, 0.05) is 17.5 Å². The maximum absolute atomic E-state index is 13.5. The molecular formula is C26H24N4O4. The van der Waals surface area contributed by atoms with Gasteiger partial charge < -0.3 is 10.4 Å². The van der Waals surface area contributed by atoms with Crippen LogP contribution in [0.3, 0.4) is 0 Å². The van der Waals surface area contributed by atoms with Crippen LogP contribution in [-0.4, -0.2) is 38.6 Å². The second-order valence-electron chi connectivity index (χ2n) is 8.39. The molecule has 3 aromatic rings. The van der Waals surface area contributed by atoms with Crippen molar-refractivity contribution in [2.45, 2.75) is 32.7 Å². The second kappa shape index (κ2) is 9.32. The average Bonchev–Trinajstić information content (AvgIpc) is 3.40. The molecule has 1 aromatic heterocycles. The first-order chi connectivity index (χ1) is 16.4. The molecule has 0 spiro atoms. The molecular weight excluding hydrogens is 432 g/mol. The van der Waals surface area contributed by atoms with Gasteiger partial charge in [0.2, 0.25) is 11.7 Å². The van der Waals surface area contributed by atoms with Gasteiger partial charge in [-0.1, -0.05) is 62.7 Å². The summed E-state index contributed by atoms with van der Waals surface area (Å²) in [6, 6.07) is 17.6. The Balaban J connectivity index is 1.74. The van der Waals surface area contributed by atoms with E-state index in [0.717, 1.165) is 22.5 Å². The van der Waals surface area contributed by atoms with Crippen molar-refractivity contribution < 1.29 is 19.5 Å². The molecule has 172 valence electrons. The molecule has 1 heterocycles. The quantitative estimate of drug-likeness (QED) is 0.309. The number of ketones is 1. The number of carboxylic acids is 1. The van der Waals surface area contributed by atoms with E-state index >= 15 is 0 Å². The lowest BCUT2D eigenvalue weighted by atomic mass is 9.95. The molecule has 34 heavy (non-hydrogen) atoms. The number of hydrogen-bond acceptors (Lipinski definition) is 5. The van der Waals surface area contributed by atoms with Gasteiger partial charge in [0.25, 0.3) is 0 Å². The van der Waals surface area contributed by atoms with Crippen molar-refractivity contribution in [1.82, 2.24) is 15.1 Å². The Hall–Kier alpha value is -4.25. The predicted octanol–water partition coefficient (Wildman–Crippen LogP) is 3.38. The highest BCUT2D eigenvalue weighted by molar-refractivity contribution is 6.13. The third kappa shape index (κ3) is 3.97. The molecule has 0 radical (unpaired) electrons. The first-order valence-corrected chi connectivity index (χ1v) is 11.1. The van der Waals surface area contributed by atoms with Crippen molar-refractivity contribution in [2.24, 2.45) is 11.8 Å². The van der Waals surface area contributed by atoms with Gasteiger partial charge in [-0.2, -0.15) is 10.4 Å². The molecule has 4 rings (SSSR count). The van der Waals surface area contributed by atoms with Crippen molar-refractivity contribution >= 4 is 17.7 Å². The van der Waals surface area contributed by atoms with Crippen LogP contribution in [0, 0.1) is 23.2 Å².